The van der Waals surface area contributed by atoms with E-state index >= 15 is 0 Å². The number of fused-ring (bicyclic) bond motifs is 4. The van der Waals surface area contributed by atoms with Crippen molar-refractivity contribution in [3.8, 4) is 0 Å². The highest BCUT2D eigenvalue weighted by molar-refractivity contribution is 7.19. The van der Waals surface area contributed by atoms with Gasteiger partial charge in [0.15, 0.2) is 0 Å². The number of hydrogen-bond acceptors (Lipinski definition) is 4. The second-order valence-electron chi connectivity index (χ2n) is 10.3. The van der Waals surface area contributed by atoms with E-state index in [-0.39, 0.29) is 11.0 Å². The molecule has 1 unspecified atom stereocenters. The molecule has 0 saturated heterocycles. The zero-order chi connectivity index (χ0) is 20.4. The van der Waals surface area contributed by atoms with E-state index < -0.39 is 0 Å². The van der Waals surface area contributed by atoms with Crippen molar-refractivity contribution in [2.24, 2.45) is 5.92 Å². The number of benzene rings is 1. The molecule has 2 aliphatic rings. The van der Waals surface area contributed by atoms with Crippen LogP contribution in [-0.4, -0.2) is 15.5 Å². The molecule has 2 aromatic heterocycles. The van der Waals surface area contributed by atoms with Crippen molar-refractivity contribution in [2.45, 2.75) is 77.8 Å². The Morgan fingerprint density at radius 2 is 1.90 bits per heavy atom. The Morgan fingerprint density at radius 3 is 2.72 bits per heavy atom. The highest BCUT2D eigenvalue weighted by atomic mass is 32.1. The van der Waals surface area contributed by atoms with Crippen LogP contribution >= 0.6 is 11.3 Å². The zero-order valence-electron chi connectivity index (χ0n) is 18.2. The van der Waals surface area contributed by atoms with Crippen molar-refractivity contribution in [1.82, 2.24) is 9.97 Å². The quantitative estimate of drug-likeness (QED) is 0.477. The maximum atomic E-state index is 4.92. The van der Waals surface area contributed by atoms with Crippen LogP contribution in [0, 0.1) is 5.92 Å². The van der Waals surface area contributed by atoms with E-state index in [1.165, 1.54) is 44.6 Å². The Balaban J connectivity index is 1.71. The van der Waals surface area contributed by atoms with Gasteiger partial charge >= 0.3 is 0 Å². The molecule has 0 spiro atoms. The molecule has 0 N–H and O–H groups in total. The van der Waals surface area contributed by atoms with Crippen molar-refractivity contribution in [2.75, 3.05) is 4.90 Å². The van der Waals surface area contributed by atoms with Gasteiger partial charge in [0.25, 0.3) is 0 Å². The molecule has 0 fully saturated rings. The van der Waals surface area contributed by atoms with Gasteiger partial charge < -0.3 is 4.90 Å². The van der Waals surface area contributed by atoms with Crippen molar-refractivity contribution in [3.05, 3.63) is 52.2 Å². The summed E-state index contributed by atoms with van der Waals surface area (Å²) in [6.45, 7) is 12.8. The predicted octanol–water partition coefficient (Wildman–Crippen LogP) is 6.28. The first kappa shape index (κ1) is 19.0. The van der Waals surface area contributed by atoms with Crippen LogP contribution in [-0.2, 0) is 24.8 Å². The summed E-state index contributed by atoms with van der Waals surface area (Å²) in [5, 5.41) is 1.32. The summed E-state index contributed by atoms with van der Waals surface area (Å²) >= 11 is 1.89. The molecule has 29 heavy (non-hydrogen) atoms. The molecule has 152 valence electrons. The number of aromatic nitrogens is 2. The molecule has 0 amide bonds. The maximum Gasteiger partial charge on any atom is 0.141 e. The fraction of sp³-hybridized carbons (Fsp3) is 0.520. The topological polar surface area (TPSA) is 29.0 Å². The summed E-state index contributed by atoms with van der Waals surface area (Å²) in [7, 11) is 0. The second kappa shape index (κ2) is 6.53. The number of thiophene rings is 1. The Kier molecular flexibility index (Phi) is 4.29. The van der Waals surface area contributed by atoms with Crippen LogP contribution in [0.3, 0.4) is 0 Å². The van der Waals surface area contributed by atoms with Crippen LogP contribution in [0.4, 0.5) is 5.82 Å². The minimum absolute atomic E-state index is 0.00109. The average Bonchev–Trinajstić information content (AvgIpc) is 2.99. The summed E-state index contributed by atoms with van der Waals surface area (Å²) in [5.41, 5.74) is 4.55. The van der Waals surface area contributed by atoms with Crippen LogP contribution in [0.25, 0.3) is 10.2 Å². The lowest BCUT2D eigenvalue weighted by molar-refractivity contribution is 0.340. The fourth-order valence-corrected chi connectivity index (χ4v) is 6.99. The van der Waals surface area contributed by atoms with E-state index in [2.05, 4.69) is 63.8 Å². The van der Waals surface area contributed by atoms with Crippen LogP contribution in [0.5, 0.6) is 0 Å². The van der Waals surface area contributed by atoms with Gasteiger partial charge in [0.05, 0.1) is 5.39 Å². The Bertz CT molecular complexity index is 1080. The first-order chi connectivity index (χ1) is 13.8. The van der Waals surface area contributed by atoms with E-state index in [4.69, 9.17) is 9.97 Å². The summed E-state index contributed by atoms with van der Waals surface area (Å²) in [4.78, 5) is 14.9. The van der Waals surface area contributed by atoms with Gasteiger partial charge in [-0.05, 0) is 67.6 Å². The van der Waals surface area contributed by atoms with Crippen molar-refractivity contribution >= 4 is 27.4 Å². The van der Waals surface area contributed by atoms with Gasteiger partial charge in [-0.15, -0.1) is 11.3 Å². The van der Waals surface area contributed by atoms with Crippen LogP contribution in [0.1, 0.15) is 69.0 Å². The van der Waals surface area contributed by atoms with Crippen molar-refractivity contribution in [3.63, 3.8) is 0 Å². The molecule has 0 saturated carbocycles. The minimum atomic E-state index is -0.00109. The van der Waals surface area contributed by atoms with E-state index in [9.17, 15) is 0 Å². The largest absolute Gasteiger partial charge is 0.346 e. The number of hydrogen-bond donors (Lipinski definition) is 0. The summed E-state index contributed by atoms with van der Waals surface area (Å²) in [5.74, 6) is 1.88. The number of aryl methyl sites for hydroxylation is 1. The molecular formula is C25H31N3S. The number of anilines is 1. The van der Waals surface area contributed by atoms with Gasteiger partial charge in [0, 0.05) is 17.0 Å². The van der Waals surface area contributed by atoms with Crippen LogP contribution < -0.4 is 4.90 Å². The van der Waals surface area contributed by atoms with Gasteiger partial charge in [0.2, 0.25) is 0 Å². The molecule has 3 heterocycles. The molecule has 3 aromatic rings. The van der Waals surface area contributed by atoms with Crippen LogP contribution in [0.15, 0.2) is 30.6 Å². The third-order valence-electron chi connectivity index (χ3n) is 7.00. The van der Waals surface area contributed by atoms with Crippen LogP contribution in [0.2, 0.25) is 0 Å². The normalized spacial score (nSPS) is 22.8. The summed E-state index contributed by atoms with van der Waals surface area (Å²) in [6, 6.07) is 8.98. The van der Waals surface area contributed by atoms with Gasteiger partial charge in [-0.25, -0.2) is 9.97 Å². The van der Waals surface area contributed by atoms with E-state index in [0.717, 1.165) is 31.1 Å². The maximum absolute atomic E-state index is 4.92. The van der Waals surface area contributed by atoms with Crippen molar-refractivity contribution < 1.29 is 0 Å². The molecule has 0 radical (unpaired) electrons. The lowest BCUT2D eigenvalue weighted by Gasteiger charge is -2.41. The molecular weight excluding hydrogens is 374 g/mol. The molecule has 0 bridgehead atoms. The third kappa shape index (κ3) is 3.07. The first-order valence-corrected chi connectivity index (χ1v) is 11.7. The standard InChI is InChI=1S/C25H31N3S/c1-16-10-11-20-18(12-16)21-22(26-15-27-23(21)29-20)28-13-17-8-6-7-9-19(17)24(2,3)14-25(28,4)5/h6-9,15-16H,10-14H2,1-5H3. The SMILES string of the molecule is CC1CCc2sc3ncnc(N4Cc5ccccc5C(C)(C)CC4(C)C)c3c2C1. The molecule has 5 rings (SSSR count). The smallest absolute Gasteiger partial charge is 0.141 e. The second-order valence-corrected chi connectivity index (χ2v) is 11.4. The Hall–Kier alpha value is -1.94. The predicted molar refractivity (Wildman–Crippen MR) is 123 cm³/mol. The van der Waals surface area contributed by atoms with Gasteiger partial charge in [-0.3, -0.25) is 0 Å². The fourth-order valence-electron chi connectivity index (χ4n) is 5.81. The summed E-state index contributed by atoms with van der Waals surface area (Å²) in [6.07, 6.45) is 6.51. The highest BCUT2D eigenvalue weighted by Crippen LogP contribution is 2.46. The molecule has 1 aliphatic heterocycles. The number of nitrogens with zero attached hydrogens (tertiary/aromatic N) is 3. The average molecular weight is 406 g/mol. The van der Waals surface area contributed by atoms with Gasteiger partial charge in [-0.2, -0.15) is 0 Å². The molecule has 3 nitrogen and oxygen atoms in total. The zero-order valence-corrected chi connectivity index (χ0v) is 19.1. The lowest BCUT2D eigenvalue weighted by atomic mass is 9.75. The Morgan fingerprint density at radius 1 is 1.10 bits per heavy atom. The third-order valence-corrected chi connectivity index (χ3v) is 8.20. The summed E-state index contributed by atoms with van der Waals surface area (Å²) < 4.78 is 0. The monoisotopic (exact) mass is 405 g/mol. The number of rotatable bonds is 1. The molecule has 4 heteroatoms. The lowest BCUT2D eigenvalue weighted by Crippen LogP contribution is -2.45. The molecule has 1 aliphatic carbocycles. The van der Waals surface area contributed by atoms with E-state index in [1.807, 2.05) is 11.3 Å². The van der Waals surface area contributed by atoms with Gasteiger partial charge in [0.1, 0.15) is 17.0 Å². The van der Waals surface area contributed by atoms with Crippen molar-refractivity contribution in [1.29, 1.82) is 0 Å². The highest BCUT2D eigenvalue weighted by Gasteiger charge is 2.41. The minimum Gasteiger partial charge on any atom is -0.346 e. The van der Waals surface area contributed by atoms with E-state index in [1.54, 1.807) is 6.33 Å². The Labute approximate surface area is 178 Å². The molecule has 1 atom stereocenters. The first-order valence-electron chi connectivity index (χ1n) is 10.9. The van der Waals surface area contributed by atoms with Gasteiger partial charge in [-0.1, -0.05) is 45.0 Å². The molecule has 1 aromatic carbocycles. The van der Waals surface area contributed by atoms with E-state index in [0.29, 0.717) is 0 Å².